The highest BCUT2D eigenvalue weighted by Gasteiger charge is 2.48. The smallest absolute Gasteiger partial charge is 0.272 e. The molecule has 2 aromatic rings. The molecule has 2 aliphatic heterocycles. The van der Waals surface area contributed by atoms with Crippen LogP contribution in [0.4, 0.5) is 0 Å². The fourth-order valence-corrected chi connectivity index (χ4v) is 4.28. The number of aliphatic hydroxyl groups is 1. The molecule has 1 atom stereocenters. The molecular weight excluding hydrogens is 302 g/mol. The number of para-hydroxylation sites is 1. The van der Waals surface area contributed by atoms with Gasteiger partial charge in [0.05, 0.1) is 5.52 Å². The maximum atomic E-state index is 12.9. The number of nitrogens with one attached hydrogen (secondary N) is 1. The van der Waals surface area contributed by atoms with Crippen molar-refractivity contribution >= 4 is 16.8 Å². The van der Waals surface area contributed by atoms with Crippen molar-refractivity contribution in [3.8, 4) is 0 Å². The van der Waals surface area contributed by atoms with E-state index in [1.54, 1.807) is 0 Å². The number of aliphatic hydroxyl groups excluding tert-OH is 1. The van der Waals surface area contributed by atoms with Crippen molar-refractivity contribution in [2.45, 2.75) is 12.8 Å². The number of carbonyl (C=O) groups excluding carboxylic acids is 1. The molecule has 24 heavy (non-hydrogen) atoms. The number of benzene rings is 1. The van der Waals surface area contributed by atoms with Crippen LogP contribution in [0.2, 0.25) is 0 Å². The highest BCUT2D eigenvalue weighted by atomic mass is 16.3. The Labute approximate surface area is 141 Å². The third kappa shape index (κ3) is 2.58. The Balaban J connectivity index is 1.59. The van der Waals surface area contributed by atoms with Gasteiger partial charge in [0.1, 0.15) is 5.69 Å². The fourth-order valence-electron chi connectivity index (χ4n) is 4.28. The second-order valence-corrected chi connectivity index (χ2v) is 7.07. The van der Waals surface area contributed by atoms with Crippen LogP contribution in [-0.4, -0.2) is 53.7 Å². The van der Waals surface area contributed by atoms with Crippen LogP contribution >= 0.6 is 0 Å². The van der Waals surface area contributed by atoms with Gasteiger partial charge in [-0.2, -0.15) is 0 Å². The third-order valence-corrected chi connectivity index (χ3v) is 5.74. The highest BCUT2D eigenvalue weighted by molar-refractivity contribution is 5.95. The maximum Gasteiger partial charge on any atom is 0.272 e. The van der Waals surface area contributed by atoms with Crippen molar-refractivity contribution in [2.24, 2.45) is 11.3 Å². The largest absolute Gasteiger partial charge is 0.396 e. The summed E-state index contributed by atoms with van der Waals surface area (Å²) in [5.41, 5.74) is 1.40. The van der Waals surface area contributed by atoms with Crippen LogP contribution in [0, 0.1) is 11.3 Å². The Bertz CT molecular complexity index is 755. The van der Waals surface area contributed by atoms with Crippen molar-refractivity contribution in [3.63, 3.8) is 0 Å². The van der Waals surface area contributed by atoms with Gasteiger partial charge < -0.3 is 15.3 Å². The average molecular weight is 325 g/mol. The molecule has 0 radical (unpaired) electrons. The molecule has 1 aromatic heterocycles. The predicted molar refractivity (Wildman–Crippen MR) is 92.8 cm³/mol. The number of carbonyl (C=O) groups is 1. The van der Waals surface area contributed by atoms with E-state index in [-0.39, 0.29) is 23.8 Å². The molecule has 3 heterocycles. The predicted octanol–water partition coefficient (Wildman–Crippen LogP) is 1.67. The molecule has 4 rings (SSSR count). The topological polar surface area (TPSA) is 65.5 Å². The third-order valence-electron chi connectivity index (χ3n) is 5.74. The minimum absolute atomic E-state index is 0.0189. The summed E-state index contributed by atoms with van der Waals surface area (Å²) in [6, 6.07) is 11.6. The number of rotatable bonds is 2. The lowest BCUT2D eigenvalue weighted by Crippen LogP contribution is -2.43. The summed E-state index contributed by atoms with van der Waals surface area (Å²) in [4.78, 5) is 19.4. The van der Waals surface area contributed by atoms with E-state index in [0.717, 1.165) is 43.4 Å². The number of piperidine rings is 1. The van der Waals surface area contributed by atoms with E-state index in [0.29, 0.717) is 12.2 Å². The van der Waals surface area contributed by atoms with Crippen molar-refractivity contribution < 1.29 is 9.90 Å². The first-order valence-electron chi connectivity index (χ1n) is 8.68. The van der Waals surface area contributed by atoms with Gasteiger partial charge >= 0.3 is 0 Å². The lowest BCUT2D eigenvalue weighted by molar-refractivity contribution is 0.0750. The Morgan fingerprint density at radius 2 is 2.04 bits per heavy atom. The molecule has 1 aromatic carbocycles. The number of aromatic nitrogens is 1. The van der Waals surface area contributed by atoms with E-state index in [4.69, 9.17) is 0 Å². The van der Waals surface area contributed by atoms with E-state index in [1.165, 1.54) is 0 Å². The standard InChI is InChI=1S/C19H23N3O2/c23-12-15-11-22(13-19(15)7-9-20-10-8-19)18(24)17-6-5-14-3-1-2-4-16(14)21-17/h1-6,15,20,23H,7-13H2. The van der Waals surface area contributed by atoms with Crippen molar-refractivity contribution in [1.82, 2.24) is 15.2 Å². The van der Waals surface area contributed by atoms with Gasteiger partial charge in [0, 0.05) is 31.0 Å². The zero-order chi connectivity index (χ0) is 16.6. The van der Waals surface area contributed by atoms with Crippen LogP contribution in [0.1, 0.15) is 23.3 Å². The number of amides is 1. The van der Waals surface area contributed by atoms with Crippen LogP contribution in [0.5, 0.6) is 0 Å². The van der Waals surface area contributed by atoms with Gasteiger partial charge in [0.25, 0.3) is 5.91 Å². The van der Waals surface area contributed by atoms with E-state index in [9.17, 15) is 9.90 Å². The van der Waals surface area contributed by atoms with Gasteiger partial charge in [-0.05, 0) is 43.5 Å². The van der Waals surface area contributed by atoms with Gasteiger partial charge in [-0.25, -0.2) is 4.98 Å². The Morgan fingerprint density at radius 3 is 2.83 bits per heavy atom. The first-order valence-corrected chi connectivity index (χ1v) is 8.68. The Kier molecular flexibility index (Phi) is 3.98. The lowest BCUT2D eigenvalue weighted by atomic mass is 9.71. The molecule has 126 valence electrons. The molecule has 1 spiro atoms. The first kappa shape index (κ1) is 15.5. The van der Waals surface area contributed by atoms with E-state index >= 15 is 0 Å². The molecule has 2 aliphatic rings. The second kappa shape index (κ2) is 6.15. The minimum atomic E-state index is -0.0189. The zero-order valence-corrected chi connectivity index (χ0v) is 13.7. The van der Waals surface area contributed by atoms with Crippen LogP contribution in [0.25, 0.3) is 10.9 Å². The summed E-state index contributed by atoms with van der Waals surface area (Å²) < 4.78 is 0. The summed E-state index contributed by atoms with van der Waals surface area (Å²) in [5.74, 6) is 0.151. The van der Waals surface area contributed by atoms with Crippen LogP contribution in [0.15, 0.2) is 36.4 Å². The number of nitrogens with zero attached hydrogens (tertiary/aromatic N) is 2. The van der Waals surface area contributed by atoms with Gasteiger partial charge in [0.2, 0.25) is 0 Å². The number of hydrogen-bond donors (Lipinski definition) is 2. The fraction of sp³-hybridized carbons (Fsp3) is 0.474. The van der Waals surface area contributed by atoms with E-state index in [1.807, 2.05) is 41.3 Å². The summed E-state index contributed by atoms with van der Waals surface area (Å²) in [6.45, 7) is 3.44. The summed E-state index contributed by atoms with van der Waals surface area (Å²) in [7, 11) is 0. The van der Waals surface area contributed by atoms with Crippen LogP contribution in [-0.2, 0) is 0 Å². The average Bonchev–Trinajstić information content (AvgIpc) is 2.99. The van der Waals surface area contributed by atoms with Crippen molar-refractivity contribution in [3.05, 3.63) is 42.1 Å². The SMILES string of the molecule is O=C(c1ccc2ccccc2n1)N1CC(CO)C2(CCNCC2)C1. The normalized spacial score (nSPS) is 23.0. The molecule has 2 saturated heterocycles. The van der Waals surface area contributed by atoms with Gasteiger partial charge in [-0.3, -0.25) is 4.79 Å². The molecule has 0 saturated carbocycles. The molecule has 1 unspecified atom stereocenters. The van der Waals surface area contributed by atoms with E-state index in [2.05, 4.69) is 10.3 Å². The lowest BCUT2D eigenvalue weighted by Gasteiger charge is -2.37. The summed E-state index contributed by atoms with van der Waals surface area (Å²) in [6.07, 6.45) is 2.04. The summed E-state index contributed by atoms with van der Waals surface area (Å²) in [5, 5.41) is 14.2. The molecular formula is C19H23N3O2. The monoisotopic (exact) mass is 325 g/mol. The zero-order valence-electron chi connectivity index (χ0n) is 13.7. The number of pyridine rings is 1. The molecule has 2 N–H and O–H groups in total. The van der Waals surface area contributed by atoms with E-state index < -0.39 is 0 Å². The number of likely N-dealkylation sites (tertiary alicyclic amines) is 1. The maximum absolute atomic E-state index is 12.9. The quantitative estimate of drug-likeness (QED) is 0.881. The van der Waals surface area contributed by atoms with Gasteiger partial charge in [0.15, 0.2) is 0 Å². The van der Waals surface area contributed by atoms with Crippen LogP contribution in [0.3, 0.4) is 0 Å². The summed E-state index contributed by atoms with van der Waals surface area (Å²) >= 11 is 0. The van der Waals surface area contributed by atoms with Gasteiger partial charge in [-0.15, -0.1) is 0 Å². The van der Waals surface area contributed by atoms with Crippen molar-refractivity contribution in [2.75, 3.05) is 32.8 Å². The van der Waals surface area contributed by atoms with Crippen molar-refractivity contribution in [1.29, 1.82) is 0 Å². The highest BCUT2D eigenvalue weighted by Crippen LogP contribution is 2.43. The van der Waals surface area contributed by atoms with Crippen LogP contribution < -0.4 is 5.32 Å². The molecule has 5 nitrogen and oxygen atoms in total. The Morgan fingerprint density at radius 1 is 1.25 bits per heavy atom. The molecule has 0 aliphatic carbocycles. The number of fused-ring (bicyclic) bond motifs is 1. The Hall–Kier alpha value is -1.98. The molecule has 0 bridgehead atoms. The molecule has 2 fully saturated rings. The molecule has 5 heteroatoms. The second-order valence-electron chi connectivity index (χ2n) is 7.07. The molecule has 1 amide bonds. The number of hydrogen-bond acceptors (Lipinski definition) is 4. The minimum Gasteiger partial charge on any atom is -0.396 e. The first-order chi connectivity index (χ1) is 11.7. The van der Waals surface area contributed by atoms with Gasteiger partial charge in [-0.1, -0.05) is 24.3 Å².